The van der Waals surface area contributed by atoms with E-state index in [2.05, 4.69) is 9.80 Å². The molecule has 0 amide bonds. The molecule has 2 aliphatic rings. The maximum absolute atomic E-state index is 9.90. The Hall–Kier alpha value is -1.26. The summed E-state index contributed by atoms with van der Waals surface area (Å²) in [5, 5.41) is 42.3. The maximum atomic E-state index is 9.90. The summed E-state index contributed by atoms with van der Waals surface area (Å²) < 4.78 is 0. The lowest BCUT2D eigenvalue weighted by atomic mass is 9.88. The highest BCUT2D eigenvalue weighted by Gasteiger charge is 2.24. The minimum atomic E-state index is -0.697. The van der Waals surface area contributed by atoms with Gasteiger partial charge in [-0.25, -0.2) is 0 Å². The van der Waals surface area contributed by atoms with Gasteiger partial charge < -0.3 is 35.3 Å². The summed E-state index contributed by atoms with van der Waals surface area (Å²) in [5.74, 6) is -1.39. The van der Waals surface area contributed by atoms with Crippen molar-refractivity contribution < 1.29 is 35.1 Å². The Morgan fingerprint density at radius 1 is 0.800 bits per heavy atom. The van der Waals surface area contributed by atoms with E-state index in [1.807, 2.05) is 6.92 Å². The van der Waals surface area contributed by atoms with Crippen molar-refractivity contribution in [1.29, 1.82) is 0 Å². The van der Waals surface area contributed by atoms with Crippen molar-refractivity contribution in [1.82, 2.24) is 9.80 Å². The molecule has 9 nitrogen and oxygen atoms in total. The zero-order valence-corrected chi connectivity index (χ0v) is 14.9. The number of nitrogens with zero attached hydrogens (tertiary/aromatic N) is 2. The number of carboxylic acid groups (broad SMARTS) is 2. The Bertz CT molecular complexity index is 337. The summed E-state index contributed by atoms with van der Waals surface area (Å²) in [5.41, 5.74) is -0.667. The van der Waals surface area contributed by atoms with Gasteiger partial charge in [0.2, 0.25) is 0 Å². The summed E-state index contributed by atoms with van der Waals surface area (Å²) in [6.45, 7) is 7.18. The molecule has 2 heterocycles. The van der Waals surface area contributed by atoms with Crippen LogP contribution in [0.15, 0.2) is 0 Å². The van der Waals surface area contributed by atoms with Crippen LogP contribution in [-0.2, 0) is 9.59 Å². The fraction of sp³-hybridized carbons (Fsp3) is 0.875. The average molecular weight is 364 g/mol. The van der Waals surface area contributed by atoms with Gasteiger partial charge in [-0.15, -0.1) is 0 Å². The molecular formula is C16H32N2O7. The minimum absolute atomic E-state index is 0.156. The van der Waals surface area contributed by atoms with E-state index in [0.29, 0.717) is 19.3 Å². The highest BCUT2D eigenvalue weighted by atomic mass is 16.4. The molecule has 0 aromatic heterocycles. The lowest BCUT2D eigenvalue weighted by molar-refractivity contribution is -0.138. The van der Waals surface area contributed by atoms with Crippen LogP contribution in [-0.4, -0.2) is 106 Å². The molecule has 0 radical (unpaired) electrons. The Morgan fingerprint density at radius 3 is 1.24 bits per heavy atom. The number of hydrogen-bond donors (Lipinski definition) is 5. The predicted octanol–water partition coefficient (Wildman–Crippen LogP) is -1.09. The van der Waals surface area contributed by atoms with E-state index >= 15 is 0 Å². The van der Waals surface area contributed by atoms with Crippen LogP contribution in [0.5, 0.6) is 0 Å². The van der Waals surface area contributed by atoms with E-state index in [4.69, 9.17) is 25.5 Å². The second kappa shape index (κ2) is 13.0. The summed E-state index contributed by atoms with van der Waals surface area (Å²) in [6.07, 6.45) is 1.18. The largest absolute Gasteiger partial charge is 0.481 e. The quantitative estimate of drug-likeness (QED) is 0.306. The van der Waals surface area contributed by atoms with E-state index < -0.39 is 17.4 Å². The van der Waals surface area contributed by atoms with E-state index in [-0.39, 0.29) is 19.8 Å². The number of aliphatic hydroxyl groups is 3. The van der Waals surface area contributed by atoms with Gasteiger partial charge in [-0.3, -0.25) is 9.59 Å². The third-order valence-electron chi connectivity index (χ3n) is 4.12. The molecule has 0 aliphatic carbocycles. The van der Waals surface area contributed by atoms with Crippen LogP contribution in [0.1, 0.15) is 26.2 Å². The molecule has 0 bridgehead atoms. The first-order valence-corrected chi connectivity index (χ1v) is 8.53. The van der Waals surface area contributed by atoms with Crippen LogP contribution in [0.3, 0.4) is 0 Å². The SMILES string of the molecule is CCC(CO)(CO)CO.O=C(O)CCN1CC1.O=C(O)CCN1CC1. The second-order valence-corrected chi connectivity index (χ2v) is 6.30. The topological polar surface area (TPSA) is 141 Å². The fourth-order valence-corrected chi connectivity index (χ4v) is 1.58. The number of rotatable bonds is 10. The molecule has 148 valence electrons. The molecular weight excluding hydrogens is 332 g/mol. The van der Waals surface area contributed by atoms with Crippen molar-refractivity contribution in [2.75, 3.05) is 59.1 Å². The first kappa shape index (κ1) is 23.7. The molecule has 2 rings (SSSR count). The lowest BCUT2D eigenvalue weighted by Gasteiger charge is -2.24. The molecule has 0 spiro atoms. The van der Waals surface area contributed by atoms with Crippen molar-refractivity contribution in [3.05, 3.63) is 0 Å². The van der Waals surface area contributed by atoms with E-state index in [1.54, 1.807) is 0 Å². The predicted molar refractivity (Wildman–Crippen MR) is 91.4 cm³/mol. The summed E-state index contributed by atoms with van der Waals surface area (Å²) in [7, 11) is 0. The van der Waals surface area contributed by atoms with Gasteiger partial charge in [-0.2, -0.15) is 0 Å². The van der Waals surface area contributed by atoms with Gasteiger partial charge in [-0.05, 0) is 6.42 Å². The Morgan fingerprint density at radius 2 is 1.12 bits per heavy atom. The Labute approximate surface area is 148 Å². The molecule has 0 unspecified atom stereocenters. The normalized spacial score (nSPS) is 16.2. The molecule has 9 heteroatoms. The third kappa shape index (κ3) is 13.7. The second-order valence-electron chi connectivity index (χ2n) is 6.30. The van der Waals surface area contributed by atoms with Crippen molar-refractivity contribution >= 4 is 11.9 Å². The molecule has 0 aromatic carbocycles. The van der Waals surface area contributed by atoms with Crippen LogP contribution >= 0.6 is 0 Å². The molecule has 25 heavy (non-hydrogen) atoms. The smallest absolute Gasteiger partial charge is 0.304 e. The van der Waals surface area contributed by atoms with E-state index in [0.717, 1.165) is 39.3 Å². The molecule has 0 atom stereocenters. The van der Waals surface area contributed by atoms with E-state index in [9.17, 15) is 9.59 Å². The molecule has 5 N–H and O–H groups in total. The molecule has 2 saturated heterocycles. The Kier molecular flexibility index (Phi) is 12.4. The first-order chi connectivity index (χ1) is 11.8. The van der Waals surface area contributed by atoms with Crippen molar-refractivity contribution in [3.8, 4) is 0 Å². The maximum Gasteiger partial charge on any atom is 0.304 e. The molecule has 0 aromatic rings. The van der Waals surface area contributed by atoms with Gasteiger partial charge in [-0.1, -0.05) is 6.92 Å². The lowest BCUT2D eigenvalue weighted by Crippen LogP contribution is -2.32. The standard InChI is InChI=1S/C6H14O3.2C5H9NO2/c1-2-6(3-7,4-8)5-9;2*7-5(8)1-2-6-3-4-6/h7-9H,2-5H2,1H3;2*1-4H2,(H,7,8). The number of carboxylic acids is 2. The van der Waals surface area contributed by atoms with Gasteiger partial charge >= 0.3 is 11.9 Å². The van der Waals surface area contributed by atoms with Gasteiger partial charge in [0, 0.05) is 44.7 Å². The molecule has 2 fully saturated rings. The van der Waals surface area contributed by atoms with Crippen molar-refractivity contribution in [3.63, 3.8) is 0 Å². The molecule has 0 saturated carbocycles. The van der Waals surface area contributed by atoms with Crippen molar-refractivity contribution in [2.45, 2.75) is 26.2 Å². The number of hydrogen-bond acceptors (Lipinski definition) is 7. The molecule has 2 aliphatic heterocycles. The van der Waals surface area contributed by atoms with Gasteiger partial charge in [0.15, 0.2) is 0 Å². The zero-order valence-electron chi connectivity index (χ0n) is 14.9. The number of aliphatic hydroxyl groups excluding tert-OH is 3. The van der Waals surface area contributed by atoms with E-state index in [1.165, 1.54) is 0 Å². The first-order valence-electron chi connectivity index (χ1n) is 8.53. The van der Waals surface area contributed by atoms with Crippen LogP contribution < -0.4 is 0 Å². The van der Waals surface area contributed by atoms with Crippen LogP contribution in [0.4, 0.5) is 0 Å². The summed E-state index contributed by atoms with van der Waals surface area (Å²) >= 11 is 0. The average Bonchev–Trinajstić information content (AvgIpc) is 3.50. The fourth-order valence-electron chi connectivity index (χ4n) is 1.58. The third-order valence-corrected chi connectivity index (χ3v) is 4.12. The number of aliphatic carboxylic acids is 2. The minimum Gasteiger partial charge on any atom is -0.481 e. The van der Waals surface area contributed by atoms with Gasteiger partial charge in [0.05, 0.1) is 32.7 Å². The highest BCUT2D eigenvalue weighted by molar-refractivity contribution is 5.67. The monoisotopic (exact) mass is 364 g/mol. The van der Waals surface area contributed by atoms with Crippen LogP contribution in [0.2, 0.25) is 0 Å². The number of carbonyl (C=O) groups is 2. The highest BCUT2D eigenvalue weighted by Crippen LogP contribution is 2.18. The summed E-state index contributed by atoms with van der Waals surface area (Å²) in [4.78, 5) is 24.0. The zero-order chi connectivity index (χ0) is 19.3. The van der Waals surface area contributed by atoms with Crippen molar-refractivity contribution in [2.24, 2.45) is 5.41 Å². The van der Waals surface area contributed by atoms with Gasteiger partial charge in [0.1, 0.15) is 0 Å². The van der Waals surface area contributed by atoms with Gasteiger partial charge in [0.25, 0.3) is 0 Å². The van der Waals surface area contributed by atoms with Crippen LogP contribution in [0, 0.1) is 5.41 Å². The van der Waals surface area contributed by atoms with Crippen LogP contribution in [0.25, 0.3) is 0 Å². The Balaban J connectivity index is 0.000000346. The summed E-state index contributed by atoms with van der Waals surface area (Å²) in [6, 6.07) is 0.